The summed E-state index contributed by atoms with van der Waals surface area (Å²) in [6.45, 7) is 14.5. The fourth-order valence-corrected chi connectivity index (χ4v) is 27.2. The molecule has 6 heterocycles. The number of aliphatic hydroxyl groups is 3. The van der Waals surface area contributed by atoms with Crippen LogP contribution in [0.4, 0.5) is 0 Å². The Bertz CT molecular complexity index is 3860. The van der Waals surface area contributed by atoms with Crippen LogP contribution in [-0.4, -0.2) is 102 Å². The van der Waals surface area contributed by atoms with Crippen LogP contribution in [0.5, 0.6) is 0 Å². The first kappa shape index (κ1) is 70.9. The van der Waals surface area contributed by atoms with E-state index in [1.165, 1.54) is 116 Å². The number of fused-ring (bicyclic) bond motifs is 18. The smallest absolute Gasteiger partial charge is 0.157 e. The Morgan fingerprint density at radius 3 is 1.39 bits per heavy atom. The average molecular weight is 1470 g/mol. The first-order chi connectivity index (χ1) is 49.6. The lowest BCUT2D eigenvalue weighted by atomic mass is 9.48. The lowest BCUT2D eigenvalue weighted by Gasteiger charge is -2.57. The van der Waals surface area contributed by atoms with Gasteiger partial charge in [-0.15, -0.1) is 0 Å². The van der Waals surface area contributed by atoms with Gasteiger partial charge in [-0.3, -0.25) is 43.8 Å². The second-order valence-corrected chi connectivity index (χ2v) is 36.6. The van der Waals surface area contributed by atoms with E-state index in [2.05, 4.69) is 92.8 Å². The number of nitrogens with one attached hydrogen (secondary N) is 1. The molecule has 0 amide bonds. The minimum Gasteiger partial charge on any atom is -0.390 e. The molecule has 0 saturated heterocycles. The molecule has 0 radical (unpaired) electrons. The highest BCUT2D eigenvalue weighted by Crippen LogP contribution is 2.68. The number of Topliss-reactive ketones (excluding diaryl/α,β-unsaturated/α-hetero) is 3. The molecular formula is C84H120BrN9O6S. The first-order valence-corrected chi connectivity index (χ1v) is 41.4. The van der Waals surface area contributed by atoms with Crippen LogP contribution < -0.4 is 0 Å². The summed E-state index contributed by atoms with van der Waals surface area (Å²) in [6.07, 6.45) is 45.5. The zero-order valence-electron chi connectivity index (χ0n) is 63.6. The topological polar surface area (TPSA) is 215 Å². The number of aromatic amines is 1. The Labute approximate surface area is 618 Å². The number of halogens is 1. The summed E-state index contributed by atoms with van der Waals surface area (Å²) in [7, 11) is 0. The van der Waals surface area contributed by atoms with Gasteiger partial charge in [0.2, 0.25) is 0 Å². The average Bonchev–Trinajstić information content (AvgIpc) is 1.63. The normalized spacial score (nSPS) is 41.8. The van der Waals surface area contributed by atoms with Crippen molar-refractivity contribution in [2.24, 2.45) is 123 Å². The van der Waals surface area contributed by atoms with Crippen molar-refractivity contribution in [3.05, 3.63) is 73.6 Å². The van der Waals surface area contributed by atoms with Crippen molar-refractivity contribution in [1.82, 2.24) is 44.7 Å². The van der Waals surface area contributed by atoms with E-state index in [1.807, 2.05) is 52.0 Å². The molecule has 24 atom stereocenters. The number of hydrogen-bond donors (Lipinski definition) is 4. The Morgan fingerprint density at radius 2 is 0.931 bits per heavy atom. The van der Waals surface area contributed by atoms with Crippen LogP contribution >= 0.6 is 29.2 Å². The van der Waals surface area contributed by atoms with Gasteiger partial charge in [0, 0.05) is 36.3 Å². The number of aromatic nitrogens is 9. The van der Waals surface area contributed by atoms with E-state index in [4.69, 9.17) is 2.25 Å². The monoisotopic (exact) mass is 1460 g/mol. The van der Waals surface area contributed by atoms with Gasteiger partial charge in [0.05, 0.1) is 60.5 Å². The van der Waals surface area contributed by atoms with Crippen LogP contribution in [-0.2, 0) is 27.5 Å². The first-order valence-electron chi connectivity index (χ1n) is 41.1. The Morgan fingerprint density at radius 1 is 0.505 bits per heavy atom. The predicted molar refractivity (Wildman–Crippen MR) is 406 cm³/mol. The Balaban J connectivity index is 0.000000121. The molecule has 18 rings (SSSR count). The zero-order valence-corrected chi connectivity index (χ0v) is 64.0. The van der Waals surface area contributed by atoms with Gasteiger partial charge in [0.15, 0.2) is 11.6 Å². The Hall–Kier alpha value is -4.42. The van der Waals surface area contributed by atoms with Crippen molar-refractivity contribution < 1.29 is 29.7 Å². The summed E-state index contributed by atoms with van der Waals surface area (Å²) < 4.78 is 15.2. The summed E-state index contributed by atoms with van der Waals surface area (Å²) >= 11 is 3.67. The zero-order chi connectivity index (χ0) is 72.2. The van der Waals surface area contributed by atoms with E-state index < -0.39 is 11.2 Å². The highest BCUT2D eigenvalue weighted by molar-refractivity contribution is 9.09. The lowest BCUT2D eigenvalue weighted by molar-refractivity contribution is -0.134. The number of pyridine rings is 3. The van der Waals surface area contributed by atoms with Crippen molar-refractivity contribution in [3.8, 4) is 0 Å². The van der Waals surface area contributed by atoms with Crippen LogP contribution in [0.25, 0.3) is 33.1 Å². The summed E-state index contributed by atoms with van der Waals surface area (Å²) in [5.41, 5.74) is 4.80. The van der Waals surface area contributed by atoms with Gasteiger partial charge in [-0.2, -0.15) is 28.6 Å². The maximum atomic E-state index is 13.6. The third kappa shape index (κ3) is 13.7. The van der Waals surface area contributed by atoms with E-state index in [1.54, 1.807) is 31.0 Å². The van der Waals surface area contributed by atoms with E-state index in [9.17, 15) is 29.7 Å². The van der Waals surface area contributed by atoms with Crippen LogP contribution in [0.2, 0.25) is 0 Å². The molecule has 12 aliphatic carbocycles. The van der Waals surface area contributed by atoms with Crippen molar-refractivity contribution >= 4 is 79.7 Å². The quantitative estimate of drug-likeness (QED) is 0.0892. The summed E-state index contributed by atoms with van der Waals surface area (Å²) in [4.78, 5) is 52.4. The van der Waals surface area contributed by atoms with E-state index >= 15 is 0 Å². The molecule has 0 unspecified atom stereocenters. The fourth-order valence-electron chi connectivity index (χ4n) is 26.9. The van der Waals surface area contributed by atoms with Gasteiger partial charge < -0.3 is 15.3 Å². The largest absolute Gasteiger partial charge is 0.390 e. The van der Waals surface area contributed by atoms with Crippen molar-refractivity contribution in [2.75, 3.05) is 5.33 Å². The lowest BCUT2D eigenvalue weighted by Crippen LogP contribution is -2.51. The molecule has 550 valence electrons. The van der Waals surface area contributed by atoms with Crippen LogP contribution in [0.3, 0.4) is 0 Å². The predicted octanol–water partition coefficient (Wildman–Crippen LogP) is 17.3. The molecule has 15 nitrogen and oxygen atoms in total. The molecule has 12 aliphatic rings. The molecule has 6 aromatic rings. The number of nitrogens with zero attached hydrogens (tertiary/aromatic N) is 8. The second-order valence-electron chi connectivity index (χ2n) is 36.1. The van der Waals surface area contributed by atoms with E-state index in [0.29, 0.717) is 53.5 Å². The van der Waals surface area contributed by atoms with Gasteiger partial charge in [0.1, 0.15) is 34.4 Å². The molecule has 17 heteroatoms. The molecular weight excluding hydrogens is 1340 g/mol. The third-order valence-corrected chi connectivity index (χ3v) is 32.7. The molecule has 0 aromatic carbocycles. The second kappa shape index (κ2) is 29.4. The number of alkyl halides is 1. The van der Waals surface area contributed by atoms with Crippen molar-refractivity contribution in [1.29, 1.82) is 2.25 Å². The number of carbonyl (C=O) groups excluding carboxylic acids is 3. The molecule has 4 N–H and O–H groups in total. The molecule has 0 aliphatic heterocycles. The van der Waals surface area contributed by atoms with Crippen LogP contribution in [0.15, 0.2) is 73.6 Å². The van der Waals surface area contributed by atoms with Gasteiger partial charge in [-0.05, 0) is 334 Å². The molecule has 12 saturated carbocycles. The molecule has 6 aromatic heterocycles. The number of ketones is 3. The van der Waals surface area contributed by atoms with E-state index in [0.717, 1.165) is 187 Å². The third-order valence-electron chi connectivity index (χ3n) is 32.2. The molecule has 0 spiro atoms. The fraction of sp³-hybridized carbons (Fsp3) is 0.750. The SMILES string of the molecule is CC[C@@]1(O)CC[C@H]2[C@H](CC[C@@H]3[C@@H]2CC[C@]2(C)[C@@H](C(=O)CBr)CC[C@@H]32)C1.CC[C@@]1(O)CC[C@H]2[C@H](CC[C@@H]3[C@@H]2CC[C@]2(C)[C@@H](C(=O)Cn4cc5ncccc5n4)CC[C@@H]32)C1.CC[C@@]1(O)CC[C@H]2[C@H](CC[C@@H]3[C@@H]2CC[C@]2(C)[C@@H](C(=O)Cn4ncc5ncccc54)CC[C@@H]32)C1.[2H]S[2H].c1cnc2cn[nH]c2c1. The maximum Gasteiger partial charge on any atom is 0.157 e. The maximum absolute atomic E-state index is 13.6. The standard InChI is InChI=1S/2C28H39N3O2.C22H35BrO2.C6H5N3.H2S/c1-3-28(33)13-11-19-18(15-28)6-7-21-20(19)10-12-27(2)22(21)8-9-23(27)26(32)17-31-25-5-4-14-29-24(25)16-30-31;1-3-28(33)13-11-19-18(15-28)6-7-21-20(19)10-12-27(2)22(21)8-9-23(27)26(32)17-31-16-25-24(30-31)5-4-14-29-25;1-3-22(25)11-9-15-14(12-22)4-5-17-16(15)8-10-21(2)18(17)6-7-19(21)20(24)13-23;1-2-5-6(7-3-1)4-8-9-5;/h2*4-5,14,16,18-23,33H,3,6-13,15,17H2,1-2H3;14-19,25H,3-13H2,1-2H3;1-4H,(H,8,9);1H2/t2*18-,19+,20-,21-,22+,23-,27+,28-;14-,15+,16-,17-,18+,19-,21+,22-;;/m111../s1/i/hD2. The minimum absolute atomic E-state index is 0.144. The number of hydrogen-bond acceptors (Lipinski definition) is 12. The Kier molecular flexibility index (Phi) is 20.6. The highest BCUT2D eigenvalue weighted by atomic mass is 79.9. The highest BCUT2D eigenvalue weighted by Gasteiger charge is 2.62. The van der Waals surface area contributed by atoms with Crippen LogP contribution in [0, 0.1) is 123 Å². The van der Waals surface area contributed by atoms with Gasteiger partial charge in [0.25, 0.3) is 0 Å². The van der Waals surface area contributed by atoms with Crippen LogP contribution in [0.1, 0.15) is 234 Å². The number of H-pyrrole nitrogens is 1. The number of rotatable bonds is 11. The summed E-state index contributed by atoms with van der Waals surface area (Å²) in [5, 5.41) is 48.9. The summed E-state index contributed by atoms with van der Waals surface area (Å²) in [6, 6.07) is 11.6. The molecule has 12 fully saturated rings. The minimum atomic E-state index is -0.408. The van der Waals surface area contributed by atoms with Crippen molar-refractivity contribution in [3.63, 3.8) is 0 Å². The molecule has 0 bridgehead atoms. The van der Waals surface area contributed by atoms with Crippen molar-refractivity contribution in [2.45, 2.75) is 264 Å². The molecule has 101 heavy (non-hydrogen) atoms. The summed E-state index contributed by atoms with van der Waals surface area (Å²) in [5.74, 6) is 13.5. The van der Waals surface area contributed by atoms with E-state index in [-0.39, 0.29) is 47.0 Å². The van der Waals surface area contributed by atoms with Gasteiger partial charge in [-0.25, -0.2) is 0 Å². The van der Waals surface area contributed by atoms with Gasteiger partial charge in [-0.1, -0.05) is 57.5 Å². The number of carbonyl (C=O) groups is 3. The van der Waals surface area contributed by atoms with Gasteiger partial charge >= 0.3 is 0 Å².